The zero-order valence-electron chi connectivity index (χ0n) is 14.8. The summed E-state index contributed by atoms with van der Waals surface area (Å²) in [6, 6.07) is 7.70. The van der Waals surface area contributed by atoms with Crippen LogP contribution in [0.15, 0.2) is 24.3 Å². The molecule has 0 unspecified atom stereocenters. The molecule has 0 aromatic heterocycles. The second kappa shape index (κ2) is 7.16. The fourth-order valence-corrected chi connectivity index (χ4v) is 4.37. The lowest BCUT2D eigenvalue weighted by atomic mass is 10.1. The summed E-state index contributed by atoms with van der Waals surface area (Å²) in [6.45, 7) is 4.06. The molecule has 1 atom stereocenters. The van der Waals surface area contributed by atoms with Crippen molar-refractivity contribution in [2.24, 2.45) is 0 Å². The number of anilines is 2. The third-order valence-electron chi connectivity index (χ3n) is 5.78. The van der Waals surface area contributed by atoms with Crippen LogP contribution >= 0.6 is 0 Å². The van der Waals surface area contributed by atoms with Crippen molar-refractivity contribution >= 4 is 23.2 Å². The average molecular weight is 341 g/mol. The van der Waals surface area contributed by atoms with Gasteiger partial charge in [-0.2, -0.15) is 0 Å². The Kier molecular flexibility index (Phi) is 4.75. The minimum atomic E-state index is -0.255. The molecule has 1 aromatic carbocycles. The number of nitrogens with zero attached hydrogens (tertiary/aromatic N) is 3. The number of amides is 2. The molecule has 3 saturated heterocycles. The first-order valence-electron chi connectivity index (χ1n) is 9.70. The molecule has 3 heterocycles. The normalized spacial score (nSPS) is 25.7. The third kappa shape index (κ3) is 3.30. The highest BCUT2D eigenvalue weighted by atomic mass is 16.2. The molecular formula is C20H27N3O2. The number of piperidine rings is 2. The van der Waals surface area contributed by atoms with Crippen LogP contribution in [0.3, 0.4) is 0 Å². The first kappa shape index (κ1) is 16.6. The Morgan fingerprint density at radius 2 is 1.28 bits per heavy atom. The first-order valence-corrected chi connectivity index (χ1v) is 9.70. The Bertz CT molecular complexity index is 631. The number of likely N-dealkylation sites (tertiary alicyclic amines) is 1. The molecule has 0 aliphatic carbocycles. The molecule has 3 aliphatic rings. The lowest BCUT2D eigenvalue weighted by Crippen LogP contribution is -2.44. The predicted molar refractivity (Wildman–Crippen MR) is 98.8 cm³/mol. The van der Waals surface area contributed by atoms with Crippen LogP contribution in [0.1, 0.15) is 44.9 Å². The van der Waals surface area contributed by atoms with Crippen molar-refractivity contribution in [3.63, 3.8) is 0 Å². The summed E-state index contributed by atoms with van der Waals surface area (Å²) in [7, 11) is 0. The largest absolute Gasteiger partial charge is 0.372 e. The average Bonchev–Trinajstić information content (AvgIpc) is 2.98. The van der Waals surface area contributed by atoms with E-state index in [0.29, 0.717) is 6.42 Å². The summed E-state index contributed by atoms with van der Waals surface area (Å²) in [5.74, 6) is -0.107. The number of carbonyl (C=O) groups is 2. The topological polar surface area (TPSA) is 43.9 Å². The van der Waals surface area contributed by atoms with Crippen LogP contribution in [0.5, 0.6) is 0 Å². The molecule has 3 aliphatic heterocycles. The van der Waals surface area contributed by atoms with Crippen LogP contribution in [0.25, 0.3) is 0 Å². The zero-order chi connectivity index (χ0) is 17.2. The summed E-state index contributed by atoms with van der Waals surface area (Å²) in [5.41, 5.74) is 1.91. The van der Waals surface area contributed by atoms with Gasteiger partial charge in [-0.1, -0.05) is 6.42 Å². The van der Waals surface area contributed by atoms with E-state index in [-0.39, 0.29) is 17.9 Å². The Morgan fingerprint density at radius 1 is 0.720 bits per heavy atom. The first-order chi connectivity index (χ1) is 12.2. The number of hydrogen-bond acceptors (Lipinski definition) is 4. The van der Waals surface area contributed by atoms with Crippen molar-refractivity contribution in [1.29, 1.82) is 0 Å². The Hall–Kier alpha value is -1.88. The SMILES string of the molecule is O=C1C[C@@H](N2CCCCC2)C(=O)N1c1ccc(N2CCCCC2)cc1. The molecule has 2 amide bonds. The molecule has 0 radical (unpaired) electrons. The zero-order valence-corrected chi connectivity index (χ0v) is 14.8. The van der Waals surface area contributed by atoms with Crippen molar-refractivity contribution in [1.82, 2.24) is 4.90 Å². The van der Waals surface area contributed by atoms with Gasteiger partial charge in [-0.05, 0) is 69.5 Å². The van der Waals surface area contributed by atoms with Crippen LogP contribution in [-0.2, 0) is 9.59 Å². The lowest BCUT2D eigenvalue weighted by molar-refractivity contribution is -0.123. The highest BCUT2D eigenvalue weighted by Crippen LogP contribution is 2.29. The van der Waals surface area contributed by atoms with E-state index in [1.165, 1.54) is 36.3 Å². The molecule has 0 saturated carbocycles. The van der Waals surface area contributed by atoms with Crippen LogP contribution in [0.4, 0.5) is 11.4 Å². The molecular weight excluding hydrogens is 314 g/mol. The molecule has 134 valence electrons. The van der Waals surface area contributed by atoms with E-state index >= 15 is 0 Å². The number of benzene rings is 1. The van der Waals surface area contributed by atoms with Gasteiger partial charge in [0.1, 0.15) is 0 Å². The van der Waals surface area contributed by atoms with Crippen molar-refractivity contribution < 1.29 is 9.59 Å². The maximum Gasteiger partial charge on any atom is 0.251 e. The third-order valence-corrected chi connectivity index (χ3v) is 5.78. The highest BCUT2D eigenvalue weighted by molar-refractivity contribution is 6.22. The summed E-state index contributed by atoms with van der Waals surface area (Å²) in [5, 5.41) is 0. The van der Waals surface area contributed by atoms with Crippen molar-refractivity contribution in [3.8, 4) is 0 Å². The number of hydrogen-bond donors (Lipinski definition) is 0. The molecule has 5 heteroatoms. The van der Waals surface area contributed by atoms with Gasteiger partial charge in [0.25, 0.3) is 5.91 Å². The number of carbonyl (C=O) groups excluding carboxylic acids is 2. The standard InChI is InChI=1S/C20H27N3O2/c24-19-15-18(22-13-5-2-6-14-22)20(25)23(19)17-9-7-16(8-10-17)21-11-3-1-4-12-21/h7-10,18H,1-6,11-15H2/t18-/m1/s1. The quantitative estimate of drug-likeness (QED) is 0.793. The van der Waals surface area contributed by atoms with E-state index < -0.39 is 0 Å². The van der Waals surface area contributed by atoms with Gasteiger partial charge in [-0.15, -0.1) is 0 Å². The van der Waals surface area contributed by atoms with Gasteiger partial charge in [-0.3, -0.25) is 14.5 Å². The molecule has 0 bridgehead atoms. The van der Waals surface area contributed by atoms with Gasteiger partial charge in [-0.25, -0.2) is 4.90 Å². The Labute approximate surface area is 149 Å². The molecule has 25 heavy (non-hydrogen) atoms. The van der Waals surface area contributed by atoms with Crippen LogP contribution in [-0.4, -0.2) is 48.9 Å². The lowest BCUT2D eigenvalue weighted by Gasteiger charge is -2.30. The highest BCUT2D eigenvalue weighted by Gasteiger charge is 2.42. The van der Waals surface area contributed by atoms with E-state index in [1.807, 2.05) is 12.1 Å². The van der Waals surface area contributed by atoms with Gasteiger partial charge in [0.2, 0.25) is 5.91 Å². The van der Waals surface area contributed by atoms with Crippen molar-refractivity contribution in [3.05, 3.63) is 24.3 Å². The predicted octanol–water partition coefficient (Wildman–Crippen LogP) is 2.79. The second-order valence-electron chi connectivity index (χ2n) is 7.45. The minimum Gasteiger partial charge on any atom is -0.372 e. The number of imide groups is 1. The van der Waals surface area contributed by atoms with Crippen LogP contribution < -0.4 is 9.80 Å². The summed E-state index contributed by atoms with van der Waals surface area (Å²) >= 11 is 0. The number of rotatable bonds is 3. The van der Waals surface area contributed by atoms with Crippen molar-refractivity contribution in [2.75, 3.05) is 36.0 Å². The fraction of sp³-hybridized carbons (Fsp3) is 0.600. The minimum absolute atomic E-state index is 0.0439. The van der Waals surface area contributed by atoms with E-state index in [2.05, 4.69) is 21.9 Å². The van der Waals surface area contributed by atoms with E-state index in [4.69, 9.17) is 0 Å². The summed E-state index contributed by atoms with van der Waals surface area (Å²) < 4.78 is 0. The van der Waals surface area contributed by atoms with E-state index in [0.717, 1.165) is 44.7 Å². The maximum atomic E-state index is 12.9. The summed E-state index contributed by atoms with van der Waals surface area (Å²) in [6.07, 6.45) is 7.60. The summed E-state index contributed by atoms with van der Waals surface area (Å²) in [4.78, 5) is 31.3. The maximum absolute atomic E-state index is 12.9. The molecule has 0 N–H and O–H groups in total. The second-order valence-corrected chi connectivity index (χ2v) is 7.45. The Morgan fingerprint density at radius 3 is 1.92 bits per heavy atom. The van der Waals surface area contributed by atoms with Gasteiger partial charge < -0.3 is 4.90 Å². The van der Waals surface area contributed by atoms with Gasteiger partial charge in [0.05, 0.1) is 18.2 Å². The van der Waals surface area contributed by atoms with Crippen LogP contribution in [0.2, 0.25) is 0 Å². The van der Waals surface area contributed by atoms with Gasteiger partial charge in [0.15, 0.2) is 0 Å². The molecule has 0 spiro atoms. The fourth-order valence-electron chi connectivity index (χ4n) is 4.37. The molecule has 4 rings (SSSR count). The van der Waals surface area contributed by atoms with Gasteiger partial charge in [0, 0.05) is 18.8 Å². The van der Waals surface area contributed by atoms with Gasteiger partial charge >= 0.3 is 0 Å². The smallest absolute Gasteiger partial charge is 0.251 e. The van der Waals surface area contributed by atoms with Crippen LogP contribution in [0, 0.1) is 0 Å². The monoisotopic (exact) mass is 341 g/mol. The Balaban J connectivity index is 1.48. The molecule has 3 fully saturated rings. The van der Waals surface area contributed by atoms with E-state index in [1.54, 1.807) is 0 Å². The molecule has 5 nitrogen and oxygen atoms in total. The molecule has 1 aromatic rings. The van der Waals surface area contributed by atoms with E-state index in [9.17, 15) is 9.59 Å². The van der Waals surface area contributed by atoms with Crippen molar-refractivity contribution in [2.45, 2.75) is 51.0 Å².